The highest BCUT2D eigenvalue weighted by molar-refractivity contribution is 5.18. The van der Waals surface area contributed by atoms with Crippen molar-refractivity contribution in [3.63, 3.8) is 0 Å². The van der Waals surface area contributed by atoms with E-state index in [4.69, 9.17) is 0 Å². The van der Waals surface area contributed by atoms with E-state index in [9.17, 15) is 0 Å². The second-order valence-electron chi connectivity index (χ2n) is 6.01. The Morgan fingerprint density at radius 2 is 1.95 bits per heavy atom. The van der Waals surface area contributed by atoms with E-state index in [1.54, 1.807) is 0 Å². The van der Waals surface area contributed by atoms with Crippen molar-refractivity contribution in [3.8, 4) is 0 Å². The first-order valence-electron chi connectivity index (χ1n) is 8.36. The molecule has 2 heteroatoms. The van der Waals surface area contributed by atoms with Gasteiger partial charge in [-0.25, -0.2) is 0 Å². The van der Waals surface area contributed by atoms with Crippen LogP contribution in [-0.2, 0) is 0 Å². The van der Waals surface area contributed by atoms with Crippen molar-refractivity contribution in [2.75, 3.05) is 19.6 Å². The van der Waals surface area contributed by atoms with Crippen LogP contribution in [0.2, 0.25) is 0 Å². The van der Waals surface area contributed by atoms with Gasteiger partial charge >= 0.3 is 0 Å². The summed E-state index contributed by atoms with van der Waals surface area (Å²) in [4.78, 5) is 2.63. The summed E-state index contributed by atoms with van der Waals surface area (Å²) >= 11 is 0. The van der Waals surface area contributed by atoms with Gasteiger partial charge in [0.1, 0.15) is 0 Å². The molecule has 1 saturated heterocycles. The molecule has 2 unspecified atom stereocenters. The smallest absolute Gasteiger partial charge is 0.0320 e. The minimum Gasteiger partial charge on any atom is -0.307 e. The largest absolute Gasteiger partial charge is 0.307 e. The van der Waals surface area contributed by atoms with E-state index < -0.39 is 0 Å². The summed E-state index contributed by atoms with van der Waals surface area (Å²) in [5.41, 5.74) is 1.43. The van der Waals surface area contributed by atoms with Crippen LogP contribution in [0.4, 0.5) is 0 Å². The molecule has 1 N–H and O–H groups in total. The monoisotopic (exact) mass is 274 g/mol. The summed E-state index contributed by atoms with van der Waals surface area (Å²) in [5, 5.41) is 3.90. The van der Waals surface area contributed by atoms with Crippen LogP contribution in [0.15, 0.2) is 30.3 Å². The lowest BCUT2D eigenvalue weighted by molar-refractivity contribution is 0.281. The van der Waals surface area contributed by atoms with Gasteiger partial charge in [0.05, 0.1) is 0 Å². The van der Waals surface area contributed by atoms with E-state index >= 15 is 0 Å². The van der Waals surface area contributed by atoms with Crippen LogP contribution >= 0.6 is 0 Å². The Balaban J connectivity index is 1.88. The molecule has 1 aromatic carbocycles. The van der Waals surface area contributed by atoms with Gasteiger partial charge < -0.3 is 10.2 Å². The van der Waals surface area contributed by atoms with Crippen molar-refractivity contribution in [1.82, 2.24) is 10.2 Å². The summed E-state index contributed by atoms with van der Waals surface area (Å²) in [6, 6.07) is 12.1. The molecule has 0 aliphatic carbocycles. The summed E-state index contributed by atoms with van der Waals surface area (Å²) < 4.78 is 0. The average Bonchev–Trinajstić information content (AvgIpc) is 2.71. The number of rotatable bonds is 6. The molecule has 112 valence electrons. The van der Waals surface area contributed by atoms with Crippen LogP contribution in [-0.4, -0.2) is 30.6 Å². The highest BCUT2D eigenvalue weighted by atomic mass is 15.1. The second kappa shape index (κ2) is 8.43. The third-order valence-electron chi connectivity index (χ3n) is 4.41. The second-order valence-corrected chi connectivity index (χ2v) is 6.01. The van der Waals surface area contributed by atoms with Crippen LogP contribution in [0.1, 0.15) is 57.6 Å². The van der Waals surface area contributed by atoms with Crippen molar-refractivity contribution in [3.05, 3.63) is 35.9 Å². The molecule has 0 amide bonds. The number of nitrogens with zero attached hydrogens (tertiary/aromatic N) is 1. The predicted molar refractivity (Wildman–Crippen MR) is 87.0 cm³/mol. The maximum Gasteiger partial charge on any atom is 0.0320 e. The summed E-state index contributed by atoms with van der Waals surface area (Å²) in [6.07, 6.45) is 6.40. The Labute approximate surface area is 124 Å². The molecule has 1 heterocycles. The minimum atomic E-state index is 0.513. The lowest BCUT2D eigenvalue weighted by Gasteiger charge is -2.25. The van der Waals surface area contributed by atoms with Crippen LogP contribution < -0.4 is 5.32 Å². The molecule has 1 fully saturated rings. The zero-order chi connectivity index (χ0) is 14.2. The third kappa shape index (κ3) is 4.60. The quantitative estimate of drug-likeness (QED) is 0.843. The average molecular weight is 274 g/mol. The van der Waals surface area contributed by atoms with Crippen molar-refractivity contribution >= 4 is 0 Å². The normalized spacial score (nSPS) is 22.4. The first-order chi connectivity index (χ1) is 9.83. The molecule has 1 aliphatic rings. The fourth-order valence-corrected chi connectivity index (χ4v) is 3.28. The topological polar surface area (TPSA) is 15.3 Å². The molecular formula is C18H30N2. The van der Waals surface area contributed by atoms with Gasteiger partial charge in [-0.15, -0.1) is 0 Å². The molecule has 1 aliphatic heterocycles. The molecule has 0 saturated carbocycles. The Bertz CT molecular complexity index is 363. The molecular weight excluding hydrogens is 244 g/mol. The summed E-state index contributed by atoms with van der Waals surface area (Å²) in [6.45, 7) is 8.38. The molecule has 20 heavy (non-hydrogen) atoms. The molecule has 2 atom stereocenters. The molecule has 0 bridgehead atoms. The highest BCUT2D eigenvalue weighted by Crippen LogP contribution is 2.20. The van der Waals surface area contributed by atoms with E-state index in [1.807, 2.05) is 0 Å². The SMILES string of the molecule is CCCN1CCCC(NC(CC)c2ccccc2)CC1. The van der Waals surface area contributed by atoms with Crippen LogP contribution in [0, 0.1) is 0 Å². The van der Waals surface area contributed by atoms with Crippen molar-refractivity contribution in [2.45, 2.75) is 58.0 Å². The van der Waals surface area contributed by atoms with Gasteiger partial charge in [-0.3, -0.25) is 0 Å². The fraction of sp³-hybridized carbons (Fsp3) is 0.667. The Hall–Kier alpha value is -0.860. The maximum atomic E-state index is 3.90. The number of hydrogen-bond donors (Lipinski definition) is 1. The number of benzene rings is 1. The van der Waals surface area contributed by atoms with E-state index in [1.165, 1.54) is 57.3 Å². The van der Waals surface area contributed by atoms with Crippen molar-refractivity contribution in [2.24, 2.45) is 0 Å². The van der Waals surface area contributed by atoms with Gasteiger partial charge in [0.15, 0.2) is 0 Å². The molecule has 1 aromatic rings. The lowest BCUT2D eigenvalue weighted by Crippen LogP contribution is -2.34. The zero-order valence-corrected chi connectivity index (χ0v) is 13.1. The number of hydrogen-bond acceptors (Lipinski definition) is 2. The highest BCUT2D eigenvalue weighted by Gasteiger charge is 2.19. The minimum absolute atomic E-state index is 0.513. The molecule has 2 rings (SSSR count). The third-order valence-corrected chi connectivity index (χ3v) is 4.41. The summed E-state index contributed by atoms with van der Waals surface area (Å²) in [7, 11) is 0. The fourth-order valence-electron chi connectivity index (χ4n) is 3.28. The van der Waals surface area contributed by atoms with E-state index in [0.717, 1.165) is 0 Å². The standard InChI is InChI=1S/C18H30N2/c1-3-13-20-14-8-11-17(12-15-20)19-18(4-2)16-9-6-5-7-10-16/h5-7,9-10,17-19H,3-4,8,11-15H2,1-2H3. The zero-order valence-electron chi connectivity index (χ0n) is 13.1. The van der Waals surface area contributed by atoms with Gasteiger partial charge in [0.25, 0.3) is 0 Å². The van der Waals surface area contributed by atoms with Gasteiger partial charge in [-0.1, -0.05) is 44.2 Å². The van der Waals surface area contributed by atoms with Crippen LogP contribution in [0.25, 0.3) is 0 Å². The van der Waals surface area contributed by atoms with Gasteiger partial charge in [0, 0.05) is 12.1 Å². The molecule has 0 radical (unpaired) electrons. The van der Waals surface area contributed by atoms with Crippen molar-refractivity contribution in [1.29, 1.82) is 0 Å². The molecule has 2 nitrogen and oxygen atoms in total. The Morgan fingerprint density at radius 1 is 1.15 bits per heavy atom. The van der Waals surface area contributed by atoms with Gasteiger partial charge in [-0.2, -0.15) is 0 Å². The first-order valence-corrected chi connectivity index (χ1v) is 8.36. The van der Waals surface area contributed by atoms with E-state index in [0.29, 0.717) is 12.1 Å². The Morgan fingerprint density at radius 3 is 2.65 bits per heavy atom. The number of nitrogens with one attached hydrogen (secondary N) is 1. The number of likely N-dealkylation sites (tertiary alicyclic amines) is 1. The van der Waals surface area contributed by atoms with Crippen LogP contribution in [0.5, 0.6) is 0 Å². The van der Waals surface area contributed by atoms with Gasteiger partial charge in [-0.05, 0) is 57.3 Å². The molecule has 0 spiro atoms. The van der Waals surface area contributed by atoms with Gasteiger partial charge in [0.2, 0.25) is 0 Å². The van der Waals surface area contributed by atoms with E-state index in [-0.39, 0.29) is 0 Å². The maximum absolute atomic E-state index is 3.90. The predicted octanol–water partition coefficient (Wildman–Crippen LogP) is 3.99. The van der Waals surface area contributed by atoms with Crippen LogP contribution in [0.3, 0.4) is 0 Å². The molecule has 0 aromatic heterocycles. The van der Waals surface area contributed by atoms with Crippen molar-refractivity contribution < 1.29 is 0 Å². The Kier molecular flexibility index (Phi) is 6.55. The van der Waals surface area contributed by atoms with E-state index in [2.05, 4.69) is 54.4 Å². The summed E-state index contributed by atoms with van der Waals surface area (Å²) in [5.74, 6) is 0. The first kappa shape index (κ1) is 15.5. The lowest BCUT2D eigenvalue weighted by atomic mass is 10.0.